The first-order valence-electron chi connectivity index (χ1n) is 6.65. The number of carbonyl (C=O) groups is 1. The second kappa shape index (κ2) is 7.65. The Morgan fingerprint density at radius 1 is 1.08 bits per heavy atom. The van der Waals surface area contributed by atoms with E-state index in [1.807, 2.05) is 0 Å². The van der Waals surface area contributed by atoms with Crippen molar-refractivity contribution in [2.75, 3.05) is 5.32 Å². The fraction of sp³-hybridized carbons (Fsp3) is 0.0667. The van der Waals surface area contributed by atoms with Crippen molar-refractivity contribution in [1.82, 2.24) is 4.83 Å². The molecule has 2 rings (SSSR count). The molecule has 2 N–H and O–H groups in total. The van der Waals surface area contributed by atoms with E-state index in [0.717, 1.165) is 0 Å². The largest absolute Gasteiger partial charge is 0.326 e. The maximum Gasteiger partial charge on any atom is 0.276 e. The number of carbonyl (C=O) groups excluding carboxylic acids is 1. The van der Waals surface area contributed by atoms with Gasteiger partial charge in [0.2, 0.25) is 5.91 Å². The second-order valence-corrected chi connectivity index (χ2v) is 7.21. The summed E-state index contributed by atoms with van der Waals surface area (Å²) < 4.78 is 24.2. The fourth-order valence-corrected chi connectivity index (χ4v) is 2.83. The number of halogens is 2. The molecule has 126 valence electrons. The van der Waals surface area contributed by atoms with Crippen LogP contribution < -0.4 is 10.1 Å². The number of hydrogen-bond donors (Lipinski definition) is 2. The lowest BCUT2D eigenvalue weighted by Gasteiger charge is -2.05. The summed E-state index contributed by atoms with van der Waals surface area (Å²) in [5, 5.41) is 6.99. The van der Waals surface area contributed by atoms with E-state index in [1.54, 1.807) is 18.2 Å². The Balaban J connectivity index is 2.08. The van der Waals surface area contributed by atoms with E-state index in [9.17, 15) is 13.2 Å². The van der Waals surface area contributed by atoms with E-state index in [4.69, 9.17) is 23.2 Å². The van der Waals surface area contributed by atoms with Gasteiger partial charge in [-0.25, -0.2) is 4.83 Å². The molecule has 0 heterocycles. The van der Waals surface area contributed by atoms with Crippen molar-refractivity contribution in [3.63, 3.8) is 0 Å². The maximum absolute atomic E-state index is 12.1. The van der Waals surface area contributed by atoms with E-state index in [0.29, 0.717) is 21.3 Å². The third-order valence-corrected chi connectivity index (χ3v) is 4.79. The highest BCUT2D eigenvalue weighted by Gasteiger charge is 2.12. The molecule has 0 radical (unpaired) electrons. The maximum atomic E-state index is 12.1. The lowest BCUT2D eigenvalue weighted by atomic mass is 10.2. The van der Waals surface area contributed by atoms with Gasteiger partial charge in [0.15, 0.2) is 0 Å². The quantitative estimate of drug-likeness (QED) is 0.611. The van der Waals surface area contributed by atoms with Gasteiger partial charge in [0.05, 0.1) is 21.2 Å². The zero-order valence-electron chi connectivity index (χ0n) is 12.5. The van der Waals surface area contributed by atoms with Gasteiger partial charge in [-0.2, -0.15) is 13.5 Å². The average Bonchev–Trinajstić information content (AvgIpc) is 2.50. The van der Waals surface area contributed by atoms with Crippen molar-refractivity contribution < 1.29 is 13.2 Å². The third kappa shape index (κ3) is 4.95. The summed E-state index contributed by atoms with van der Waals surface area (Å²) in [7, 11) is -3.81. The molecule has 0 fully saturated rings. The predicted octanol–water partition coefficient (Wildman–Crippen LogP) is 3.26. The molecule has 24 heavy (non-hydrogen) atoms. The van der Waals surface area contributed by atoms with Crippen molar-refractivity contribution in [2.24, 2.45) is 5.10 Å². The highest BCUT2D eigenvalue weighted by molar-refractivity contribution is 7.89. The Morgan fingerprint density at radius 2 is 1.75 bits per heavy atom. The first kappa shape index (κ1) is 18.3. The molecule has 1 amide bonds. The summed E-state index contributed by atoms with van der Waals surface area (Å²) in [5.41, 5.74) is 1.09. The van der Waals surface area contributed by atoms with Crippen molar-refractivity contribution in [3.05, 3.63) is 58.1 Å². The smallest absolute Gasteiger partial charge is 0.276 e. The number of rotatable bonds is 5. The van der Waals surface area contributed by atoms with Gasteiger partial charge in [-0.15, -0.1) is 0 Å². The SMILES string of the molecule is CC(=O)Nc1ccc(S(=O)(=O)NN=Cc2ccc(Cl)c(Cl)c2)cc1. The number of amides is 1. The van der Waals surface area contributed by atoms with E-state index in [-0.39, 0.29) is 10.8 Å². The van der Waals surface area contributed by atoms with Gasteiger partial charge < -0.3 is 5.32 Å². The molecule has 0 saturated heterocycles. The zero-order valence-corrected chi connectivity index (χ0v) is 14.8. The van der Waals surface area contributed by atoms with Crippen LogP contribution in [0.1, 0.15) is 12.5 Å². The molecule has 6 nitrogen and oxygen atoms in total. The van der Waals surface area contributed by atoms with Crippen molar-refractivity contribution in [1.29, 1.82) is 0 Å². The van der Waals surface area contributed by atoms with Gasteiger partial charge in [-0.05, 0) is 42.0 Å². The monoisotopic (exact) mass is 385 g/mol. The van der Waals surface area contributed by atoms with E-state index < -0.39 is 10.0 Å². The molecular weight excluding hydrogens is 373 g/mol. The number of hydrogen-bond acceptors (Lipinski definition) is 4. The number of nitrogens with zero attached hydrogens (tertiary/aromatic N) is 1. The first-order chi connectivity index (χ1) is 11.3. The Morgan fingerprint density at radius 3 is 2.33 bits per heavy atom. The molecular formula is C15H13Cl2N3O3S. The van der Waals surface area contributed by atoms with Gasteiger partial charge >= 0.3 is 0 Å². The van der Waals surface area contributed by atoms with Crippen LogP contribution >= 0.6 is 23.2 Å². The third-order valence-electron chi connectivity index (χ3n) is 2.82. The van der Waals surface area contributed by atoms with Crippen LogP contribution in [-0.2, 0) is 14.8 Å². The van der Waals surface area contributed by atoms with Gasteiger partial charge in [-0.1, -0.05) is 29.3 Å². The highest BCUT2D eigenvalue weighted by atomic mass is 35.5. The summed E-state index contributed by atoms with van der Waals surface area (Å²) in [6.07, 6.45) is 1.31. The molecule has 0 aliphatic heterocycles. The fourth-order valence-electron chi connectivity index (χ4n) is 1.74. The molecule has 0 bridgehead atoms. The van der Waals surface area contributed by atoms with Crippen LogP contribution in [0.2, 0.25) is 10.0 Å². The zero-order chi connectivity index (χ0) is 17.7. The van der Waals surface area contributed by atoms with Crippen LogP contribution in [0.3, 0.4) is 0 Å². The lowest BCUT2D eigenvalue weighted by molar-refractivity contribution is -0.114. The van der Waals surface area contributed by atoms with Crippen molar-refractivity contribution in [2.45, 2.75) is 11.8 Å². The van der Waals surface area contributed by atoms with Gasteiger partial charge in [0.1, 0.15) is 0 Å². The average molecular weight is 386 g/mol. The van der Waals surface area contributed by atoms with Crippen LogP contribution in [-0.4, -0.2) is 20.5 Å². The lowest BCUT2D eigenvalue weighted by Crippen LogP contribution is -2.18. The minimum absolute atomic E-state index is 0.0166. The number of benzene rings is 2. The molecule has 2 aromatic carbocycles. The van der Waals surface area contributed by atoms with Crippen molar-refractivity contribution >= 4 is 51.0 Å². The predicted molar refractivity (Wildman–Crippen MR) is 95.1 cm³/mol. The number of hydrazone groups is 1. The molecule has 0 saturated carbocycles. The highest BCUT2D eigenvalue weighted by Crippen LogP contribution is 2.21. The minimum Gasteiger partial charge on any atom is -0.326 e. The molecule has 2 aromatic rings. The van der Waals surface area contributed by atoms with Gasteiger partial charge in [-0.3, -0.25) is 4.79 Å². The van der Waals surface area contributed by atoms with Crippen LogP contribution in [0.25, 0.3) is 0 Å². The Kier molecular flexibility index (Phi) is 5.82. The summed E-state index contributed by atoms with van der Waals surface area (Å²) in [6.45, 7) is 1.37. The summed E-state index contributed by atoms with van der Waals surface area (Å²) in [4.78, 5) is 13.1. The number of sulfonamides is 1. The second-order valence-electron chi connectivity index (χ2n) is 4.73. The van der Waals surface area contributed by atoms with E-state index in [2.05, 4.69) is 15.2 Å². The van der Waals surface area contributed by atoms with Crippen LogP contribution in [0.15, 0.2) is 52.5 Å². The molecule has 0 aromatic heterocycles. The molecule has 0 spiro atoms. The first-order valence-corrected chi connectivity index (χ1v) is 8.89. The standard InChI is InChI=1S/C15H13Cl2N3O3S/c1-10(21)19-12-3-5-13(6-4-12)24(22,23)20-18-9-11-2-7-14(16)15(17)8-11/h2-9,20H,1H3,(H,19,21). The number of anilines is 1. The molecule has 0 aliphatic carbocycles. The topological polar surface area (TPSA) is 87.6 Å². The van der Waals surface area contributed by atoms with E-state index >= 15 is 0 Å². The van der Waals surface area contributed by atoms with Gasteiger partial charge in [0.25, 0.3) is 10.0 Å². The number of nitrogens with one attached hydrogen (secondary N) is 2. The van der Waals surface area contributed by atoms with Crippen LogP contribution in [0.5, 0.6) is 0 Å². The summed E-state index contributed by atoms with van der Waals surface area (Å²) in [6, 6.07) is 10.5. The van der Waals surface area contributed by atoms with Crippen LogP contribution in [0.4, 0.5) is 5.69 Å². The van der Waals surface area contributed by atoms with E-state index in [1.165, 1.54) is 37.4 Å². The Labute approximate surface area is 149 Å². The van der Waals surface area contributed by atoms with Gasteiger partial charge in [0, 0.05) is 12.6 Å². The van der Waals surface area contributed by atoms with Crippen LogP contribution in [0, 0.1) is 0 Å². The molecule has 0 atom stereocenters. The van der Waals surface area contributed by atoms with Crippen molar-refractivity contribution in [3.8, 4) is 0 Å². The molecule has 0 unspecified atom stereocenters. The summed E-state index contributed by atoms with van der Waals surface area (Å²) >= 11 is 11.7. The minimum atomic E-state index is -3.81. The Hall–Kier alpha value is -2.09. The summed E-state index contributed by atoms with van der Waals surface area (Å²) in [5.74, 6) is -0.241. The molecule has 0 aliphatic rings. The normalized spacial score (nSPS) is 11.5. The molecule has 9 heteroatoms. The Bertz CT molecular complexity index is 881.